The average molecular weight is 753 g/mol. The van der Waals surface area contributed by atoms with Gasteiger partial charge in [-0.3, -0.25) is 4.79 Å². The Kier molecular flexibility index (Phi) is 12.0. The van der Waals surface area contributed by atoms with Gasteiger partial charge in [0.25, 0.3) is 0 Å². The van der Waals surface area contributed by atoms with E-state index in [0.29, 0.717) is 61.0 Å². The fourth-order valence-electron chi connectivity index (χ4n) is 5.84. The fraction of sp³-hybridized carbons (Fsp3) is 0.400. The highest BCUT2D eigenvalue weighted by Crippen LogP contribution is 2.44. The van der Waals surface area contributed by atoms with Crippen LogP contribution in [0.4, 0.5) is 13.2 Å². The van der Waals surface area contributed by atoms with Gasteiger partial charge in [0.05, 0.1) is 47.1 Å². The molecule has 0 N–H and O–H groups in total. The molecule has 1 aliphatic rings. The van der Waals surface area contributed by atoms with Gasteiger partial charge in [0.15, 0.2) is 17.3 Å². The van der Waals surface area contributed by atoms with E-state index in [2.05, 4.69) is 9.64 Å². The van der Waals surface area contributed by atoms with Crippen LogP contribution < -0.4 is 38.6 Å². The molecule has 1 aliphatic heterocycles. The molecule has 0 aliphatic carbocycles. The van der Waals surface area contributed by atoms with Crippen LogP contribution >= 0.6 is 0 Å². The maximum Gasteiger partial charge on any atom is 0.573 e. The number of halogens is 3. The van der Waals surface area contributed by atoms with E-state index < -0.39 is 27.6 Å². The molecule has 0 spiro atoms. The van der Waals surface area contributed by atoms with Gasteiger partial charge < -0.3 is 42.5 Å². The Morgan fingerprint density at radius 1 is 0.769 bits per heavy atom. The second-order valence-corrected chi connectivity index (χ2v) is 13.5. The molecule has 0 radical (unpaired) electrons. The zero-order valence-corrected chi connectivity index (χ0v) is 30.0. The van der Waals surface area contributed by atoms with Crippen LogP contribution in [0.3, 0.4) is 0 Å². The molecule has 4 aromatic rings. The van der Waals surface area contributed by atoms with Crippen molar-refractivity contribution in [1.82, 2.24) is 9.21 Å². The molecule has 0 saturated carbocycles. The molecular formula is C35H39F3N2O11S. The van der Waals surface area contributed by atoms with E-state index in [0.717, 1.165) is 12.1 Å². The summed E-state index contributed by atoms with van der Waals surface area (Å²) < 4.78 is 109. The van der Waals surface area contributed by atoms with Gasteiger partial charge in [-0.2, -0.15) is 4.31 Å². The lowest BCUT2D eigenvalue weighted by atomic mass is 10.1. The Balaban J connectivity index is 1.28. The third kappa shape index (κ3) is 8.43. The Hall–Kier alpha value is -4.87. The Morgan fingerprint density at radius 2 is 1.44 bits per heavy atom. The summed E-state index contributed by atoms with van der Waals surface area (Å²) in [5.74, 6) is 1.16. The summed E-state index contributed by atoms with van der Waals surface area (Å²) in [4.78, 5) is 15.8. The minimum absolute atomic E-state index is 0.0474. The van der Waals surface area contributed by atoms with Crippen molar-refractivity contribution in [3.63, 3.8) is 0 Å². The Morgan fingerprint density at radius 3 is 2.04 bits per heavy atom. The lowest BCUT2D eigenvalue weighted by molar-refractivity contribution is -0.274. The summed E-state index contributed by atoms with van der Waals surface area (Å²) in [5, 5.41) is 0.168. The number of alkyl halides is 3. The molecular weight excluding hydrogens is 713 g/mol. The van der Waals surface area contributed by atoms with E-state index in [4.69, 9.17) is 32.8 Å². The number of unbranched alkanes of at least 4 members (excludes halogenated alkanes) is 1. The highest BCUT2D eigenvalue weighted by atomic mass is 32.2. The molecule has 52 heavy (non-hydrogen) atoms. The number of ether oxygens (including phenoxy) is 7. The smallest absolute Gasteiger partial charge is 0.496 e. The number of piperazine rings is 1. The second kappa shape index (κ2) is 16.2. The summed E-state index contributed by atoms with van der Waals surface area (Å²) in [5.41, 5.74) is 0.177. The maximum absolute atomic E-state index is 14.0. The quantitative estimate of drug-likeness (QED) is 0.141. The van der Waals surface area contributed by atoms with Gasteiger partial charge in [-0.25, -0.2) is 8.42 Å². The molecule has 0 bridgehead atoms. The zero-order chi connectivity index (χ0) is 37.6. The number of methoxy groups -OCH3 is 5. The van der Waals surface area contributed by atoms with E-state index in [1.54, 1.807) is 24.3 Å². The lowest BCUT2D eigenvalue weighted by Crippen LogP contribution is -2.48. The predicted molar refractivity (Wildman–Crippen MR) is 184 cm³/mol. The molecule has 1 fully saturated rings. The third-order valence-electron chi connectivity index (χ3n) is 8.40. The van der Waals surface area contributed by atoms with E-state index >= 15 is 0 Å². The summed E-state index contributed by atoms with van der Waals surface area (Å²) in [6.45, 7) is 1.92. The molecule has 0 atom stereocenters. The van der Waals surface area contributed by atoms with Crippen molar-refractivity contribution < 1.29 is 59.2 Å². The van der Waals surface area contributed by atoms with Crippen molar-refractivity contribution in [2.75, 3.05) is 74.9 Å². The van der Waals surface area contributed by atoms with Crippen LogP contribution in [0.15, 0.2) is 62.6 Å². The first kappa shape index (κ1) is 38.4. The predicted octanol–water partition coefficient (Wildman–Crippen LogP) is 5.57. The van der Waals surface area contributed by atoms with Crippen LogP contribution in [-0.4, -0.2) is 98.9 Å². The summed E-state index contributed by atoms with van der Waals surface area (Å²) >= 11 is 0. The zero-order valence-electron chi connectivity index (χ0n) is 29.2. The van der Waals surface area contributed by atoms with Crippen molar-refractivity contribution in [2.24, 2.45) is 0 Å². The number of benzene rings is 3. The standard InChI is InChI=1S/C35H39F3N2O11S/c1-44-24-20-26(45-2)30-27(21-24)50-32(22-17-28(46-3)33(48-5)29(18-22)47-4)34(31(30)41)49-16-7-6-11-39-12-14-40(15-13-39)52(42,43)25-10-8-9-23(19-25)51-35(36,37)38/h8-10,17-21H,6-7,11-16H2,1-5H3. The summed E-state index contributed by atoms with van der Waals surface area (Å²) in [6, 6.07) is 10.8. The van der Waals surface area contributed by atoms with Gasteiger partial charge in [0.1, 0.15) is 28.2 Å². The van der Waals surface area contributed by atoms with Crippen molar-refractivity contribution in [2.45, 2.75) is 24.1 Å². The largest absolute Gasteiger partial charge is 0.573 e. The highest BCUT2D eigenvalue weighted by Gasteiger charge is 2.33. The van der Waals surface area contributed by atoms with Crippen molar-refractivity contribution in [3.05, 3.63) is 58.8 Å². The van der Waals surface area contributed by atoms with Crippen molar-refractivity contribution in [1.29, 1.82) is 0 Å². The monoisotopic (exact) mass is 752 g/mol. The molecule has 1 saturated heterocycles. The SMILES string of the molecule is COc1cc(OC)c2c(=O)c(OCCCCN3CCN(S(=O)(=O)c4cccc(OC(F)(F)F)c4)CC3)c(-c3cc(OC)c(OC)c(OC)c3)oc2c1. The van der Waals surface area contributed by atoms with E-state index in [-0.39, 0.29) is 52.8 Å². The first-order chi connectivity index (χ1) is 24.8. The van der Waals surface area contributed by atoms with Gasteiger partial charge in [-0.15, -0.1) is 13.2 Å². The fourth-order valence-corrected chi connectivity index (χ4v) is 7.30. The first-order valence-corrected chi connectivity index (χ1v) is 17.5. The lowest BCUT2D eigenvalue weighted by Gasteiger charge is -2.34. The average Bonchev–Trinajstić information content (AvgIpc) is 3.13. The van der Waals surface area contributed by atoms with Gasteiger partial charge in [0.2, 0.25) is 27.0 Å². The number of rotatable bonds is 15. The highest BCUT2D eigenvalue weighted by molar-refractivity contribution is 7.89. The first-order valence-electron chi connectivity index (χ1n) is 16.1. The minimum atomic E-state index is -4.94. The van der Waals surface area contributed by atoms with Crippen molar-refractivity contribution in [3.8, 4) is 51.6 Å². The molecule has 2 heterocycles. The van der Waals surface area contributed by atoms with E-state index in [1.807, 2.05) is 0 Å². The van der Waals surface area contributed by atoms with E-state index in [1.165, 1.54) is 52.0 Å². The van der Waals surface area contributed by atoms with Crippen LogP contribution in [0.25, 0.3) is 22.3 Å². The topological polar surface area (TPSA) is 135 Å². The van der Waals surface area contributed by atoms with Crippen LogP contribution in [0, 0.1) is 0 Å². The van der Waals surface area contributed by atoms with Crippen LogP contribution in [0.5, 0.6) is 40.2 Å². The molecule has 0 unspecified atom stereocenters. The Labute approximate surface area is 298 Å². The van der Waals surface area contributed by atoms with E-state index in [9.17, 15) is 26.4 Å². The molecule has 13 nitrogen and oxygen atoms in total. The van der Waals surface area contributed by atoms with Gasteiger partial charge in [-0.1, -0.05) is 6.07 Å². The molecule has 0 amide bonds. The van der Waals surface area contributed by atoms with Gasteiger partial charge >= 0.3 is 6.36 Å². The normalized spacial score (nSPS) is 14.2. The summed E-state index contributed by atoms with van der Waals surface area (Å²) in [7, 11) is 3.31. The molecule has 5 rings (SSSR count). The van der Waals surface area contributed by atoms with Crippen LogP contribution in [0.2, 0.25) is 0 Å². The number of nitrogens with zero attached hydrogens (tertiary/aromatic N) is 2. The summed E-state index contributed by atoms with van der Waals surface area (Å²) in [6.07, 6.45) is -3.75. The molecule has 3 aromatic carbocycles. The number of fused-ring (bicyclic) bond motifs is 1. The van der Waals surface area contributed by atoms with Crippen LogP contribution in [-0.2, 0) is 10.0 Å². The molecule has 282 valence electrons. The second-order valence-electron chi connectivity index (χ2n) is 11.5. The molecule has 17 heteroatoms. The van der Waals surface area contributed by atoms with Crippen LogP contribution in [0.1, 0.15) is 12.8 Å². The minimum Gasteiger partial charge on any atom is -0.496 e. The third-order valence-corrected chi connectivity index (χ3v) is 10.3. The van der Waals surface area contributed by atoms with Crippen molar-refractivity contribution >= 4 is 21.0 Å². The Bertz CT molecular complexity index is 2020. The molecule has 1 aromatic heterocycles. The maximum atomic E-state index is 14.0. The van der Waals surface area contributed by atoms with Gasteiger partial charge in [-0.05, 0) is 43.7 Å². The number of sulfonamides is 1. The number of hydrogen-bond donors (Lipinski definition) is 0. The van der Waals surface area contributed by atoms with Gasteiger partial charge in [0, 0.05) is 49.9 Å². The number of hydrogen-bond acceptors (Lipinski definition) is 12.